The van der Waals surface area contributed by atoms with Gasteiger partial charge in [0.25, 0.3) is 0 Å². The van der Waals surface area contributed by atoms with Crippen LogP contribution in [-0.2, 0) is 25.6 Å². The van der Waals surface area contributed by atoms with Crippen LogP contribution in [-0.4, -0.2) is 76.5 Å². The second kappa shape index (κ2) is 15.0. The molecule has 41 heavy (non-hydrogen) atoms. The average Bonchev–Trinajstić information content (AvgIpc) is 2.85. The van der Waals surface area contributed by atoms with E-state index in [1.807, 2.05) is 37.3 Å². The van der Waals surface area contributed by atoms with Crippen LogP contribution in [0.25, 0.3) is 0 Å². The summed E-state index contributed by atoms with van der Waals surface area (Å²) >= 11 is 0. The van der Waals surface area contributed by atoms with Crippen LogP contribution >= 0.6 is 0 Å². The molecule has 1 aliphatic heterocycles. The molecule has 11 heteroatoms. The zero-order chi connectivity index (χ0) is 30.8. The maximum atomic E-state index is 13.7. The highest BCUT2D eigenvalue weighted by Gasteiger charge is 2.44. The number of benzene rings is 1. The van der Waals surface area contributed by atoms with Gasteiger partial charge in [-0.2, -0.15) is 0 Å². The summed E-state index contributed by atoms with van der Waals surface area (Å²) in [5.74, 6) is -0.326. The zero-order valence-electron chi connectivity index (χ0n) is 25.8. The number of carbonyl (C=O) groups excluding carboxylic acids is 4. The number of nitrogens with one attached hydrogen (secondary N) is 2. The predicted molar refractivity (Wildman–Crippen MR) is 155 cm³/mol. The van der Waals surface area contributed by atoms with E-state index in [4.69, 9.17) is 14.2 Å². The molecule has 11 nitrogen and oxygen atoms in total. The quantitative estimate of drug-likeness (QED) is 0.234. The molecule has 0 aliphatic carbocycles. The number of Topliss-reactive ketones (excluding diaryl/α,β-unsaturated/α-hetero) is 1. The predicted octanol–water partition coefficient (Wildman–Crippen LogP) is 5.18. The lowest BCUT2D eigenvalue weighted by atomic mass is 9.99. The van der Waals surface area contributed by atoms with Crippen LogP contribution in [0, 0.1) is 0 Å². The lowest BCUT2D eigenvalue weighted by molar-refractivity contribution is -0.137. The number of ketones is 1. The fourth-order valence-electron chi connectivity index (χ4n) is 4.48. The van der Waals surface area contributed by atoms with E-state index in [-0.39, 0.29) is 31.4 Å². The number of piperidine rings is 1. The summed E-state index contributed by atoms with van der Waals surface area (Å²) < 4.78 is 16.7. The molecular weight excluding hydrogens is 528 g/mol. The average molecular weight is 577 g/mol. The van der Waals surface area contributed by atoms with Gasteiger partial charge in [0.05, 0.1) is 6.04 Å². The first-order valence-corrected chi connectivity index (χ1v) is 14.3. The topological polar surface area (TPSA) is 127 Å². The highest BCUT2D eigenvalue weighted by Crippen LogP contribution is 2.26. The van der Waals surface area contributed by atoms with Crippen LogP contribution in [0.5, 0.6) is 0 Å². The molecule has 1 aromatic rings. The summed E-state index contributed by atoms with van der Waals surface area (Å²) in [4.78, 5) is 52.7. The van der Waals surface area contributed by atoms with E-state index >= 15 is 0 Å². The van der Waals surface area contributed by atoms with Crippen molar-refractivity contribution in [2.24, 2.45) is 0 Å². The summed E-state index contributed by atoms with van der Waals surface area (Å²) in [6, 6.07) is 7.65. The number of hydrazine groups is 1. The Morgan fingerprint density at radius 3 is 2.17 bits per heavy atom. The van der Waals surface area contributed by atoms with Gasteiger partial charge in [0, 0.05) is 12.6 Å². The van der Waals surface area contributed by atoms with Crippen molar-refractivity contribution < 1.29 is 33.4 Å². The Labute approximate surface area is 244 Å². The monoisotopic (exact) mass is 576 g/mol. The maximum Gasteiger partial charge on any atom is 0.430 e. The van der Waals surface area contributed by atoms with Gasteiger partial charge in [-0.25, -0.2) is 24.4 Å². The number of alkyl carbamates (subject to hydrolysis) is 1. The molecule has 0 spiro atoms. The third-order valence-corrected chi connectivity index (χ3v) is 6.33. The maximum absolute atomic E-state index is 13.7. The summed E-state index contributed by atoms with van der Waals surface area (Å²) in [6.45, 7) is 14.8. The van der Waals surface area contributed by atoms with E-state index in [1.165, 1.54) is 11.9 Å². The molecule has 0 aromatic heterocycles. The fourth-order valence-corrected chi connectivity index (χ4v) is 4.48. The Morgan fingerprint density at radius 1 is 1.00 bits per heavy atom. The van der Waals surface area contributed by atoms with Crippen LogP contribution in [0.3, 0.4) is 0 Å². The minimum atomic E-state index is -1.03. The molecule has 1 aromatic carbocycles. The first-order chi connectivity index (χ1) is 19.1. The molecule has 2 unspecified atom stereocenters. The van der Waals surface area contributed by atoms with Gasteiger partial charge < -0.3 is 24.8 Å². The van der Waals surface area contributed by atoms with Crippen molar-refractivity contribution in [3.05, 3.63) is 35.9 Å². The second-order valence-corrected chi connectivity index (χ2v) is 12.4. The number of hydrogen-bond acceptors (Lipinski definition) is 8. The molecule has 2 N–H and O–H groups in total. The molecule has 1 heterocycles. The van der Waals surface area contributed by atoms with E-state index in [0.717, 1.165) is 23.5 Å². The fraction of sp³-hybridized carbons (Fsp3) is 0.667. The standard InChI is InChI=1S/C30H48N4O7/c1-21-24(16-12-18-31-21)33(27(37)40-29(3,4)5)34(28(38)41-30(6,7)8)25(22(2)35)17-13-19-32-26(36)39-20-23-14-10-9-11-15-23/h9-11,14-15,21,24-25,31H,12-13,16-20H2,1-8H3,(H,32,36)/t21?,24?,25-/m0/s1. The minimum absolute atomic E-state index is 0.133. The van der Waals surface area contributed by atoms with E-state index in [0.29, 0.717) is 12.8 Å². The summed E-state index contributed by atoms with van der Waals surface area (Å²) in [5.41, 5.74) is -0.853. The van der Waals surface area contributed by atoms with Crippen LogP contribution in [0.4, 0.5) is 14.4 Å². The summed E-state index contributed by atoms with van der Waals surface area (Å²) in [6.07, 6.45) is -0.266. The number of nitrogens with zero attached hydrogens (tertiary/aromatic N) is 2. The number of hydrogen-bond donors (Lipinski definition) is 2. The van der Waals surface area contributed by atoms with Gasteiger partial charge in [0.2, 0.25) is 0 Å². The Balaban J connectivity index is 2.26. The van der Waals surface area contributed by atoms with Gasteiger partial charge in [-0.1, -0.05) is 30.3 Å². The molecular formula is C30H48N4O7. The van der Waals surface area contributed by atoms with Crippen molar-refractivity contribution in [3.8, 4) is 0 Å². The Morgan fingerprint density at radius 2 is 1.61 bits per heavy atom. The molecule has 230 valence electrons. The molecule has 3 atom stereocenters. The van der Waals surface area contributed by atoms with Crippen LogP contribution in [0.15, 0.2) is 30.3 Å². The van der Waals surface area contributed by atoms with Crippen molar-refractivity contribution >= 4 is 24.1 Å². The Bertz CT molecular complexity index is 1020. The van der Waals surface area contributed by atoms with Gasteiger partial charge >= 0.3 is 18.3 Å². The summed E-state index contributed by atoms with van der Waals surface area (Å²) in [5, 5.41) is 8.44. The van der Waals surface area contributed by atoms with Crippen molar-refractivity contribution in [2.75, 3.05) is 13.1 Å². The second-order valence-electron chi connectivity index (χ2n) is 12.4. The van der Waals surface area contributed by atoms with Gasteiger partial charge in [-0.3, -0.25) is 4.79 Å². The van der Waals surface area contributed by atoms with E-state index in [9.17, 15) is 19.2 Å². The highest BCUT2D eigenvalue weighted by atomic mass is 16.6. The molecule has 0 saturated carbocycles. The first-order valence-electron chi connectivity index (χ1n) is 14.3. The van der Waals surface area contributed by atoms with Gasteiger partial charge in [-0.05, 0) is 93.2 Å². The molecule has 0 bridgehead atoms. The molecule has 3 amide bonds. The van der Waals surface area contributed by atoms with Crippen molar-refractivity contribution in [3.63, 3.8) is 0 Å². The first kappa shape index (κ1) is 33.9. The van der Waals surface area contributed by atoms with Gasteiger partial charge in [-0.15, -0.1) is 0 Å². The molecule has 2 rings (SSSR count). The molecule has 1 aliphatic rings. The lowest BCUT2D eigenvalue weighted by Gasteiger charge is -2.46. The Hall–Kier alpha value is -3.34. The number of ether oxygens (including phenoxy) is 3. The van der Waals surface area contributed by atoms with Crippen molar-refractivity contribution in [1.82, 2.24) is 20.7 Å². The highest BCUT2D eigenvalue weighted by molar-refractivity contribution is 5.86. The largest absolute Gasteiger partial charge is 0.445 e. The number of amides is 3. The minimum Gasteiger partial charge on any atom is -0.445 e. The molecule has 1 fully saturated rings. The third-order valence-electron chi connectivity index (χ3n) is 6.33. The molecule has 1 saturated heterocycles. The van der Waals surface area contributed by atoms with Crippen LogP contribution in [0.2, 0.25) is 0 Å². The molecule has 0 radical (unpaired) electrons. The number of carbonyl (C=O) groups is 4. The van der Waals surface area contributed by atoms with Gasteiger partial charge in [0.1, 0.15) is 23.9 Å². The van der Waals surface area contributed by atoms with E-state index < -0.39 is 41.6 Å². The lowest BCUT2D eigenvalue weighted by Crippen LogP contribution is -2.65. The summed E-state index contributed by atoms with van der Waals surface area (Å²) in [7, 11) is 0. The zero-order valence-corrected chi connectivity index (χ0v) is 25.8. The van der Waals surface area contributed by atoms with Crippen LogP contribution in [0.1, 0.15) is 86.6 Å². The van der Waals surface area contributed by atoms with Crippen LogP contribution < -0.4 is 10.6 Å². The van der Waals surface area contributed by atoms with Crippen molar-refractivity contribution in [1.29, 1.82) is 0 Å². The van der Waals surface area contributed by atoms with E-state index in [1.54, 1.807) is 41.5 Å². The normalized spacial score (nSPS) is 18.0. The number of rotatable bonds is 9. The SMILES string of the molecule is CC(=O)[C@H](CCCNC(=O)OCc1ccccc1)N(C(=O)OC(C)(C)C)N(C(=O)OC(C)(C)C)C1CCCNC1C. The smallest absolute Gasteiger partial charge is 0.430 e. The Kier molecular flexibility index (Phi) is 12.4. The van der Waals surface area contributed by atoms with Crippen molar-refractivity contribution in [2.45, 2.75) is 117 Å². The van der Waals surface area contributed by atoms with Gasteiger partial charge in [0.15, 0.2) is 5.78 Å². The van der Waals surface area contributed by atoms with E-state index in [2.05, 4.69) is 10.6 Å². The third kappa shape index (κ3) is 11.6.